The van der Waals surface area contributed by atoms with Gasteiger partial charge in [0.1, 0.15) is 18.5 Å². The van der Waals surface area contributed by atoms with Gasteiger partial charge < -0.3 is 9.84 Å². The number of hydrogen-bond acceptors (Lipinski definition) is 3. The summed E-state index contributed by atoms with van der Waals surface area (Å²) in [7, 11) is 2.09. The predicted molar refractivity (Wildman–Crippen MR) is 72.8 cm³/mol. The first-order valence-corrected chi connectivity index (χ1v) is 6.80. The van der Waals surface area contributed by atoms with Crippen molar-refractivity contribution < 1.29 is 9.84 Å². The van der Waals surface area contributed by atoms with Crippen LogP contribution in [0.25, 0.3) is 0 Å². The van der Waals surface area contributed by atoms with E-state index in [1.54, 1.807) is 0 Å². The van der Waals surface area contributed by atoms with Gasteiger partial charge in [-0.2, -0.15) is 0 Å². The van der Waals surface area contributed by atoms with Crippen LogP contribution in [0.5, 0.6) is 5.75 Å². The molecular formula is C15H23NO2. The molecule has 0 fully saturated rings. The van der Waals surface area contributed by atoms with E-state index in [1.165, 1.54) is 0 Å². The second-order valence-corrected chi connectivity index (χ2v) is 5.00. The Morgan fingerprint density at radius 1 is 1.33 bits per heavy atom. The molecule has 18 heavy (non-hydrogen) atoms. The number of ether oxygens (including phenoxy) is 1. The van der Waals surface area contributed by atoms with Gasteiger partial charge in [0.05, 0.1) is 6.04 Å². The largest absolute Gasteiger partial charge is 0.491 e. The quantitative estimate of drug-likeness (QED) is 0.890. The van der Waals surface area contributed by atoms with Gasteiger partial charge in [-0.1, -0.05) is 32.0 Å². The Bertz CT molecular complexity index is 390. The molecule has 1 N–H and O–H groups in total. The maximum Gasteiger partial charge on any atom is 0.125 e. The smallest absolute Gasteiger partial charge is 0.125 e. The fourth-order valence-electron chi connectivity index (χ4n) is 2.81. The zero-order valence-electron chi connectivity index (χ0n) is 11.5. The Balaban J connectivity index is 2.18. The van der Waals surface area contributed by atoms with E-state index >= 15 is 0 Å². The molecule has 0 radical (unpaired) electrons. The van der Waals surface area contributed by atoms with Crippen molar-refractivity contribution in [3.8, 4) is 5.75 Å². The van der Waals surface area contributed by atoms with Crippen LogP contribution < -0.4 is 4.74 Å². The molecule has 0 amide bonds. The fraction of sp³-hybridized carbons (Fsp3) is 0.600. The molecule has 1 aliphatic heterocycles. The lowest BCUT2D eigenvalue weighted by atomic mass is 9.96. The lowest BCUT2D eigenvalue weighted by Gasteiger charge is -2.39. The molecule has 0 saturated carbocycles. The van der Waals surface area contributed by atoms with Crippen LogP contribution in [0.4, 0.5) is 0 Å². The van der Waals surface area contributed by atoms with Gasteiger partial charge >= 0.3 is 0 Å². The number of fused-ring (bicyclic) bond motifs is 1. The van der Waals surface area contributed by atoms with E-state index in [0.29, 0.717) is 12.6 Å². The first kappa shape index (κ1) is 13.4. The Morgan fingerprint density at radius 2 is 2.00 bits per heavy atom. The van der Waals surface area contributed by atoms with Crippen LogP contribution in [0.2, 0.25) is 0 Å². The molecule has 1 aliphatic rings. The summed E-state index contributed by atoms with van der Waals surface area (Å²) in [5.74, 6) is 0.819. The highest BCUT2D eigenvalue weighted by Gasteiger charge is 2.33. The van der Waals surface area contributed by atoms with E-state index in [1.807, 2.05) is 24.3 Å². The normalized spacial score (nSPS) is 23.0. The summed E-state index contributed by atoms with van der Waals surface area (Å²) in [4.78, 5) is 2.26. The average molecular weight is 249 g/mol. The van der Waals surface area contributed by atoms with Gasteiger partial charge in [0.2, 0.25) is 0 Å². The standard InChI is InChI=1S/C15H23NO2/c1-4-11(5-2)16(3)13-10-18-14-9-7-6-8-12(14)15(13)17/h6-9,11,13,15,17H,4-5,10H2,1-3H3. The van der Waals surface area contributed by atoms with Gasteiger partial charge in [-0.05, 0) is 26.0 Å². The lowest BCUT2D eigenvalue weighted by molar-refractivity contribution is -0.00463. The van der Waals surface area contributed by atoms with Crippen molar-refractivity contribution in [1.82, 2.24) is 4.90 Å². The number of likely N-dealkylation sites (N-methyl/N-ethyl adjacent to an activating group) is 1. The summed E-state index contributed by atoms with van der Waals surface area (Å²) in [6.45, 7) is 4.94. The molecule has 1 aromatic carbocycles. The lowest BCUT2D eigenvalue weighted by Crippen LogP contribution is -2.48. The first-order chi connectivity index (χ1) is 8.69. The van der Waals surface area contributed by atoms with E-state index < -0.39 is 6.10 Å². The summed E-state index contributed by atoms with van der Waals surface area (Å²) < 4.78 is 5.77. The number of nitrogens with zero attached hydrogens (tertiary/aromatic N) is 1. The van der Waals surface area contributed by atoms with E-state index in [9.17, 15) is 5.11 Å². The monoisotopic (exact) mass is 249 g/mol. The van der Waals surface area contributed by atoms with Crippen molar-refractivity contribution in [2.75, 3.05) is 13.7 Å². The number of aliphatic hydroxyl groups is 1. The molecule has 0 aliphatic carbocycles. The first-order valence-electron chi connectivity index (χ1n) is 6.80. The van der Waals surface area contributed by atoms with Crippen molar-refractivity contribution in [3.63, 3.8) is 0 Å². The summed E-state index contributed by atoms with van der Waals surface area (Å²) in [6.07, 6.45) is 1.73. The molecule has 1 aromatic rings. The van der Waals surface area contributed by atoms with E-state index in [2.05, 4.69) is 25.8 Å². The number of rotatable bonds is 4. The number of para-hydroxylation sites is 1. The maximum atomic E-state index is 10.5. The number of benzene rings is 1. The summed E-state index contributed by atoms with van der Waals surface area (Å²) in [6, 6.07) is 8.31. The van der Waals surface area contributed by atoms with Crippen LogP contribution in [0.15, 0.2) is 24.3 Å². The van der Waals surface area contributed by atoms with Gasteiger partial charge in [0, 0.05) is 11.6 Å². The molecule has 3 heteroatoms. The minimum absolute atomic E-state index is 0.0461. The molecule has 0 spiro atoms. The zero-order chi connectivity index (χ0) is 13.1. The second kappa shape index (κ2) is 5.72. The minimum Gasteiger partial charge on any atom is -0.491 e. The Kier molecular flexibility index (Phi) is 4.25. The van der Waals surface area contributed by atoms with Gasteiger partial charge in [-0.25, -0.2) is 0 Å². The highest BCUT2D eigenvalue weighted by atomic mass is 16.5. The van der Waals surface area contributed by atoms with Crippen LogP contribution in [-0.2, 0) is 0 Å². The molecule has 100 valence electrons. The molecule has 2 rings (SSSR count). The summed E-state index contributed by atoms with van der Waals surface area (Å²) in [5, 5.41) is 10.5. The molecule has 0 aromatic heterocycles. The molecular weight excluding hydrogens is 226 g/mol. The third-order valence-corrected chi connectivity index (χ3v) is 4.05. The number of hydrogen-bond donors (Lipinski definition) is 1. The van der Waals surface area contributed by atoms with Crippen molar-refractivity contribution in [3.05, 3.63) is 29.8 Å². The average Bonchev–Trinajstić information content (AvgIpc) is 2.40. The van der Waals surface area contributed by atoms with Gasteiger partial charge in [-0.3, -0.25) is 4.90 Å². The zero-order valence-corrected chi connectivity index (χ0v) is 11.5. The molecule has 3 nitrogen and oxygen atoms in total. The molecule has 0 saturated heterocycles. The molecule has 2 atom stereocenters. The van der Waals surface area contributed by atoms with E-state index in [0.717, 1.165) is 24.2 Å². The summed E-state index contributed by atoms with van der Waals surface area (Å²) in [5.41, 5.74) is 0.909. The van der Waals surface area contributed by atoms with Crippen LogP contribution in [0.1, 0.15) is 38.4 Å². The van der Waals surface area contributed by atoms with Crippen LogP contribution in [0, 0.1) is 0 Å². The van der Waals surface area contributed by atoms with Crippen molar-refractivity contribution in [2.24, 2.45) is 0 Å². The van der Waals surface area contributed by atoms with Crippen molar-refractivity contribution >= 4 is 0 Å². The molecule has 2 unspecified atom stereocenters. The van der Waals surface area contributed by atoms with Crippen molar-refractivity contribution in [1.29, 1.82) is 0 Å². The van der Waals surface area contributed by atoms with Gasteiger partial charge in [-0.15, -0.1) is 0 Å². The Labute approximate surface area is 109 Å². The van der Waals surface area contributed by atoms with E-state index in [4.69, 9.17) is 4.74 Å². The highest BCUT2D eigenvalue weighted by Crippen LogP contribution is 2.34. The van der Waals surface area contributed by atoms with Gasteiger partial charge in [0.15, 0.2) is 0 Å². The van der Waals surface area contributed by atoms with Crippen molar-refractivity contribution in [2.45, 2.75) is 44.9 Å². The Hall–Kier alpha value is -1.06. The predicted octanol–water partition coefficient (Wildman–Crippen LogP) is 2.60. The third-order valence-electron chi connectivity index (χ3n) is 4.05. The topological polar surface area (TPSA) is 32.7 Å². The van der Waals surface area contributed by atoms with E-state index in [-0.39, 0.29) is 6.04 Å². The van der Waals surface area contributed by atoms with Crippen LogP contribution in [-0.4, -0.2) is 35.7 Å². The highest BCUT2D eigenvalue weighted by molar-refractivity contribution is 5.37. The summed E-state index contributed by atoms with van der Waals surface area (Å²) >= 11 is 0. The van der Waals surface area contributed by atoms with Gasteiger partial charge in [0.25, 0.3) is 0 Å². The fourth-order valence-corrected chi connectivity index (χ4v) is 2.81. The molecule has 1 heterocycles. The minimum atomic E-state index is -0.458. The second-order valence-electron chi connectivity index (χ2n) is 5.00. The molecule has 0 bridgehead atoms. The maximum absolute atomic E-state index is 10.5. The SMILES string of the molecule is CCC(CC)N(C)C1COc2ccccc2C1O. The van der Waals surface area contributed by atoms with Crippen LogP contribution in [0.3, 0.4) is 0 Å². The third kappa shape index (κ3) is 2.38. The Morgan fingerprint density at radius 3 is 2.67 bits per heavy atom. The number of aliphatic hydroxyl groups excluding tert-OH is 1. The van der Waals surface area contributed by atoms with Crippen LogP contribution >= 0.6 is 0 Å².